The lowest BCUT2D eigenvalue weighted by Crippen LogP contribution is -2.01. The molecule has 0 aliphatic rings. The van der Waals surface area contributed by atoms with E-state index in [0.717, 1.165) is 17.7 Å². The Morgan fingerprint density at radius 2 is 1.88 bits per heavy atom. The molecule has 0 radical (unpaired) electrons. The minimum absolute atomic E-state index is 0.131. The second-order valence-electron chi connectivity index (χ2n) is 3.28. The molecule has 16 heavy (non-hydrogen) atoms. The average Bonchev–Trinajstić information content (AvgIpc) is 2.28. The molecule has 4 heteroatoms. The zero-order valence-electron chi connectivity index (χ0n) is 9.36. The van der Waals surface area contributed by atoms with Crippen molar-refractivity contribution < 1.29 is 14.3 Å². The van der Waals surface area contributed by atoms with Crippen LogP contribution in [0.5, 0.6) is 0 Å². The van der Waals surface area contributed by atoms with E-state index in [9.17, 15) is 9.59 Å². The predicted molar refractivity (Wildman–Crippen MR) is 64.6 cm³/mol. The fraction of sp³-hybridized carbons (Fsp3) is 0.333. The van der Waals surface area contributed by atoms with Crippen LogP contribution in [-0.2, 0) is 16.0 Å². The number of rotatable bonds is 4. The first-order chi connectivity index (χ1) is 7.63. The Morgan fingerprint density at radius 1 is 1.25 bits per heavy atom. The number of aryl methyl sites for hydroxylation is 1. The molecule has 0 amide bonds. The van der Waals surface area contributed by atoms with Gasteiger partial charge in [-0.1, -0.05) is 23.9 Å². The molecule has 86 valence electrons. The van der Waals surface area contributed by atoms with Crippen LogP contribution in [-0.4, -0.2) is 23.9 Å². The van der Waals surface area contributed by atoms with E-state index in [2.05, 4.69) is 4.74 Å². The molecule has 0 unspecified atom stereocenters. The molecule has 0 heterocycles. The van der Waals surface area contributed by atoms with Crippen molar-refractivity contribution in [1.82, 2.24) is 0 Å². The Labute approximate surface area is 99.2 Å². The van der Waals surface area contributed by atoms with Crippen LogP contribution >= 0.6 is 11.8 Å². The summed E-state index contributed by atoms with van der Waals surface area (Å²) in [5.41, 5.74) is 1.66. The minimum Gasteiger partial charge on any atom is -0.465 e. The Bertz CT molecular complexity index is 370. The van der Waals surface area contributed by atoms with Gasteiger partial charge in [-0.15, -0.1) is 0 Å². The third kappa shape index (κ3) is 4.06. The molecule has 0 fully saturated rings. The largest absolute Gasteiger partial charge is 0.465 e. The van der Waals surface area contributed by atoms with Crippen LogP contribution in [0.4, 0.5) is 0 Å². The highest BCUT2D eigenvalue weighted by molar-refractivity contribution is 8.13. The van der Waals surface area contributed by atoms with E-state index in [1.807, 2.05) is 12.1 Å². The predicted octanol–water partition coefficient (Wildman–Crippen LogP) is 2.30. The van der Waals surface area contributed by atoms with Crippen LogP contribution in [0.15, 0.2) is 24.3 Å². The van der Waals surface area contributed by atoms with Crippen LogP contribution in [0.2, 0.25) is 0 Å². The van der Waals surface area contributed by atoms with Gasteiger partial charge in [0.15, 0.2) is 5.12 Å². The zero-order chi connectivity index (χ0) is 12.0. The van der Waals surface area contributed by atoms with Gasteiger partial charge in [-0.3, -0.25) is 4.79 Å². The summed E-state index contributed by atoms with van der Waals surface area (Å²) in [7, 11) is 1.36. The summed E-state index contributed by atoms with van der Waals surface area (Å²) in [6, 6.07) is 7.24. The van der Waals surface area contributed by atoms with Gasteiger partial charge in [-0.25, -0.2) is 4.79 Å². The maximum atomic E-state index is 11.2. The number of benzene rings is 1. The van der Waals surface area contributed by atoms with Crippen molar-refractivity contribution in [3.63, 3.8) is 0 Å². The van der Waals surface area contributed by atoms with Gasteiger partial charge in [0.25, 0.3) is 0 Å². The number of methoxy groups -OCH3 is 1. The summed E-state index contributed by atoms with van der Waals surface area (Å²) in [5, 5.41) is 0.131. The van der Waals surface area contributed by atoms with Crippen molar-refractivity contribution in [2.45, 2.75) is 13.3 Å². The summed E-state index contributed by atoms with van der Waals surface area (Å²) in [6.07, 6.45) is 0.825. The molecule has 1 aromatic carbocycles. The lowest BCUT2D eigenvalue weighted by atomic mass is 10.1. The Morgan fingerprint density at radius 3 is 2.38 bits per heavy atom. The number of thioether (sulfide) groups is 1. The van der Waals surface area contributed by atoms with Gasteiger partial charge in [0, 0.05) is 12.7 Å². The minimum atomic E-state index is -0.329. The molecule has 0 saturated carbocycles. The smallest absolute Gasteiger partial charge is 0.337 e. The number of hydrogen-bond donors (Lipinski definition) is 0. The first-order valence-corrected chi connectivity index (χ1v) is 5.92. The maximum absolute atomic E-state index is 11.2. The summed E-state index contributed by atoms with van der Waals surface area (Å²) in [5.74, 6) is 0.442. The first kappa shape index (κ1) is 12.8. The van der Waals surface area contributed by atoms with Gasteiger partial charge in [-0.05, 0) is 24.1 Å². The molecular weight excluding hydrogens is 224 g/mol. The lowest BCUT2D eigenvalue weighted by Gasteiger charge is -2.02. The van der Waals surface area contributed by atoms with Gasteiger partial charge in [-0.2, -0.15) is 0 Å². The van der Waals surface area contributed by atoms with Crippen LogP contribution in [0.1, 0.15) is 22.8 Å². The molecule has 0 bridgehead atoms. The van der Waals surface area contributed by atoms with E-state index < -0.39 is 0 Å². The number of esters is 1. The molecule has 0 aliphatic carbocycles. The molecule has 1 rings (SSSR count). The van der Waals surface area contributed by atoms with E-state index in [1.165, 1.54) is 18.9 Å². The van der Waals surface area contributed by atoms with Crippen LogP contribution in [0.25, 0.3) is 0 Å². The molecule has 0 N–H and O–H groups in total. The summed E-state index contributed by atoms with van der Waals surface area (Å²) in [4.78, 5) is 21.9. The summed E-state index contributed by atoms with van der Waals surface area (Å²) < 4.78 is 4.60. The van der Waals surface area contributed by atoms with E-state index >= 15 is 0 Å². The fourth-order valence-corrected chi connectivity index (χ4v) is 1.86. The van der Waals surface area contributed by atoms with Crippen LogP contribution in [0, 0.1) is 0 Å². The monoisotopic (exact) mass is 238 g/mol. The first-order valence-electron chi connectivity index (χ1n) is 4.94. The van der Waals surface area contributed by atoms with Crippen LogP contribution < -0.4 is 0 Å². The van der Waals surface area contributed by atoms with Gasteiger partial charge in [0.2, 0.25) is 0 Å². The quantitative estimate of drug-likeness (QED) is 0.755. The highest BCUT2D eigenvalue weighted by atomic mass is 32.2. The lowest BCUT2D eigenvalue weighted by molar-refractivity contribution is -0.109. The number of hydrogen-bond acceptors (Lipinski definition) is 4. The molecule has 0 aliphatic heterocycles. The standard InChI is InChI=1S/C12H14O3S/c1-9(13)16-8-7-10-3-5-11(6-4-10)12(14)15-2/h3-6H,7-8H2,1-2H3. The van der Waals surface area contributed by atoms with Crippen molar-refractivity contribution in [1.29, 1.82) is 0 Å². The van der Waals surface area contributed by atoms with Gasteiger partial charge in [0.1, 0.15) is 0 Å². The summed E-state index contributed by atoms with van der Waals surface area (Å²) in [6.45, 7) is 1.56. The van der Waals surface area contributed by atoms with Gasteiger partial charge >= 0.3 is 5.97 Å². The SMILES string of the molecule is COC(=O)c1ccc(CCSC(C)=O)cc1. The van der Waals surface area contributed by atoms with Gasteiger partial charge in [0.05, 0.1) is 12.7 Å². The highest BCUT2D eigenvalue weighted by Gasteiger charge is 2.04. The third-order valence-electron chi connectivity index (χ3n) is 2.07. The molecule has 3 nitrogen and oxygen atoms in total. The third-order valence-corrected chi connectivity index (χ3v) is 2.89. The molecule has 0 saturated heterocycles. The second kappa shape index (κ2) is 6.33. The van der Waals surface area contributed by atoms with Gasteiger partial charge < -0.3 is 4.74 Å². The topological polar surface area (TPSA) is 43.4 Å². The van der Waals surface area contributed by atoms with E-state index in [-0.39, 0.29) is 11.1 Å². The van der Waals surface area contributed by atoms with E-state index in [0.29, 0.717) is 5.56 Å². The summed E-state index contributed by atoms with van der Waals surface area (Å²) >= 11 is 1.31. The fourth-order valence-electron chi connectivity index (χ4n) is 1.24. The normalized spacial score (nSPS) is 9.88. The van der Waals surface area contributed by atoms with Crippen molar-refractivity contribution in [3.8, 4) is 0 Å². The zero-order valence-corrected chi connectivity index (χ0v) is 10.2. The highest BCUT2D eigenvalue weighted by Crippen LogP contribution is 2.10. The van der Waals surface area contributed by atoms with Crippen molar-refractivity contribution >= 4 is 22.8 Å². The van der Waals surface area contributed by atoms with E-state index in [1.54, 1.807) is 19.1 Å². The Balaban J connectivity index is 2.51. The number of ether oxygens (including phenoxy) is 1. The molecule has 0 aromatic heterocycles. The molecular formula is C12H14O3S. The second-order valence-corrected chi connectivity index (χ2v) is 4.55. The van der Waals surface area contributed by atoms with E-state index in [4.69, 9.17) is 0 Å². The maximum Gasteiger partial charge on any atom is 0.337 e. The van der Waals surface area contributed by atoms with Crippen LogP contribution in [0.3, 0.4) is 0 Å². The number of carbonyl (C=O) groups excluding carboxylic acids is 2. The molecule has 0 atom stereocenters. The van der Waals surface area contributed by atoms with Crippen molar-refractivity contribution in [3.05, 3.63) is 35.4 Å². The Hall–Kier alpha value is -1.29. The van der Waals surface area contributed by atoms with Crippen molar-refractivity contribution in [2.24, 2.45) is 0 Å². The molecule has 0 spiro atoms. The Kier molecular flexibility index (Phi) is 5.05. The number of carbonyl (C=O) groups is 2. The average molecular weight is 238 g/mol. The van der Waals surface area contributed by atoms with Crippen molar-refractivity contribution in [2.75, 3.05) is 12.9 Å². The molecule has 1 aromatic rings.